The molecule has 0 radical (unpaired) electrons. The molecule has 1 atom stereocenters. The first-order valence-corrected chi connectivity index (χ1v) is 7.51. The van der Waals surface area contributed by atoms with E-state index in [1.165, 1.54) is 11.1 Å². The fourth-order valence-electron chi connectivity index (χ4n) is 3.68. The van der Waals surface area contributed by atoms with Crippen molar-refractivity contribution in [3.63, 3.8) is 0 Å². The highest BCUT2D eigenvalue weighted by Gasteiger charge is 2.40. The van der Waals surface area contributed by atoms with E-state index in [-0.39, 0.29) is 24.0 Å². The maximum atomic E-state index is 12.7. The Morgan fingerprint density at radius 2 is 1.86 bits per heavy atom. The average Bonchev–Trinajstić information content (AvgIpc) is 3.10. The number of fused-ring (bicyclic) bond motifs is 2. The molecule has 1 unspecified atom stereocenters. The van der Waals surface area contributed by atoms with Crippen LogP contribution in [0.2, 0.25) is 0 Å². The zero-order chi connectivity index (χ0) is 14.4. The molecular formula is C16H18N2O3. The molecular weight excluding hydrogens is 268 g/mol. The molecule has 0 bridgehead atoms. The lowest BCUT2D eigenvalue weighted by Gasteiger charge is -2.36. The van der Waals surface area contributed by atoms with Crippen LogP contribution in [0.1, 0.15) is 11.1 Å². The minimum absolute atomic E-state index is 0.0407. The van der Waals surface area contributed by atoms with Gasteiger partial charge in [-0.2, -0.15) is 0 Å². The fourth-order valence-corrected chi connectivity index (χ4v) is 3.68. The van der Waals surface area contributed by atoms with Gasteiger partial charge in [0.15, 0.2) is 0 Å². The van der Waals surface area contributed by atoms with Gasteiger partial charge in [-0.15, -0.1) is 0 Å². The third kappa shape index (κ3) is 2.07. The number of rotatable bonds is 1. The maximum Gasteiger partial charge on any atom is 0.410 e. The molecule has 4 rings (SSSR count). The molecule has 2 fully saturated rings. The minimum atomic E-state index is -0.236. The standard InChI is InChI=1S/C16H18N2O3/c19-15(13-7-11-3-1-2-4-12(11)8-13)17-5-6-18-14(9-17)10-21-16(18)20/h1-4,13-14H,5-10H2. The third-order valence-corrected chi connectivity index (χ3v) is 4.83. The van der Waals surface area contributed by atoms with Crippen LogP contribution < -0.4 is 0 Å². The lowest BCUT2D eigenvalue weighted by Crippen LogP contribution is -2.55. The first-order valence-electron chi connectivity index (χ1n) is 7.51. The van der Waals surface area contributed by atoms with Crippen LogP contribution in [0, 0.1) is 5.92 Å². The fraction of sp³-hybridized carbons (Fsp3) is 0.500. The molecule has 0 N–H and O–H groups in total. The van der Waals surface area contributed by atoms with Crippen molar-refractivity contribution < 1.29 is 14.3 Å². The van der Waals surface area contributed by atoms with Crippen molar-refractivity contribution in [2.24, 2.45) is 5.92 Å². The van der Waals surface area contributed by atoms with Crippen molar-refractivity contribution in [3.8, 4) is 0 Å². The number of piperazine rings is 1. The van der Waals surface area contributed by atoms with Gasteiger partial charge in [-0.05, 0) is 24.0 Å². The summed E-state index contributed by atoms with van der Waals surface area (Å²) in [6.45, 7) is 2.23. The van der Waals surface area contributed by atoms with Gasteiger partial charge >= 0.3 is 6.09 Å². The Kier molecular flexibility index (Phi) is 2.87. The number of cyclic esters (lactones) is 1. The molecule has 3 aliphatic rings. The Morgan fingerprint density at radius 3 is 2.57 bits per heavy atom. The van der Waals surface area contributed by atoms with Crippen molar-refractivity contribution in [2.75, 3.05) is 26.2 Å². The van der Waals surface area contributed by atoms with E-state index < -0.39 is 0 Å². The number of carbonyl (C=O) groups excluding carboxylic acids is 2. The van der Waals surface area contributed by atoms with Gasteiger partial charge in [0.25, 0.3) is 0 Å². The number of amides is 2. The smallest absolute Gasteiger partial charge is 0.410 e. The minimum Gasteiger partial charge on any atom is -0.447 e. The van der Waals surface area contributed by atoms with Crippen LogP contribution in [0.15, 0.2) is 24.3 Å². The molecule has 21 heavy (non-hydrogen) atoms. The second-order valence-corrected chi connectivity index (χ2v) is 6.08. The Hall–Kier alpha value is -2.04. The molecule has 0 spiro atoms. The summed E-state index contributed by atoms with van der Waals surface area (Å²) in [5, 5.41) is 0. The van der Waals surface area contributed by atoms with Gasteiger partial charge in [-0.1, -0.05) is 24.3 Å². The lowest BCUT2D eigenvalue weighted by atomic mass is 10.0. The predicted molar refractivity (Wildman–Crippen MR) is 75.8 cm³/mol. The Bertz CT molecular complexity index is 576. The van der Waals surface area contributed by atoms with Gasteiger partial charge in [-0.25, -0.2) is 4.79 Å². The quantitative estimate of drug-likeness (QED) is 0.776. The summed E-state index contributed by atoms with van der Waals surface area (Å²) in [6, 6.07) is 8.34. The lowest BCUT2D eigenvalue weighted by molar-refractivity contribution is -0.137. The van der Waals surface area contributed by atoms with Gasteiger partial charge < -0.3 is 9.64 Å². The van der Waals surface area contributed by atoms with Gasteiger partial charge in [0.1, 0.15) is 6.61 Å². The van der Waals surface area contributed by atoms with E-state index >= 15 is 0 Å². The topological polar surface area (TPSA) is 49.9 Å². The van der Waals surface area contributed by atoms with E-state index in [2.05, 4.69) is 12.1 Å². The zero-order valence-corrected chi connectivity index (χ0v) is 11.8. The molecule has 110 valence electrons. The largest absolute Gasteiger partial charge is 0.447 e. The Morgan fingerprint density at radius 1 is 1.14 bits per heavy atom. The highest BCUT2D eigenvalue weighted by molar-refractivity contribution is 5.81. The molecule has 2 saturated heterocycles. The highest BCUT2D eigenvalue weighted by Crippen LogP contribution is 2.29. The molecule has 1 aliphatic carbocycles. The molecule has 1 aromatic carbocycles. The van der Waals surface area contributed by atoms with Crippen LogP contribution >= 0.6 is 0 Å². The number of hydrogen-bond acceptors (Lipinski definition) is 3. The van der Waals surface area contributed by atoms with E-state index in [4.69, 9.17) is 4.74 Å². The molecule has 0 aromatic heterocycles. The monoisotopic (exact) mass is 286 g/mol. The number of nitrogens with zero attached hydrogens (tertiary/aromatic N) is 2. The predicted octanol–water partition coefficient (Wildman–Crippen LogP) is 1.06. The molecule has 2 amide bonds. The Balaban J connectivity index is 1.44. The van der Waals surface area contributed by atoms with Crippen LogP contribution in [0.25, 0.3) is 0 Å². The second-order valence-electron chi connectivity index (χ2n) is 6.08. The van der Waals surface area contributed by atoms with Gasteiger partial charge in [0.2, 0.25) is 5.91 Å². The normalized spacial score (nSPS) is 24.8. The molecule has 5 heteroatoms. The van der Waals surface area contributed by atoms with Crippen LogP contribution in [-0.4, -0.2) is 54.1 Å². The molecule has 5 nitrogen and oxygen atoms in total. The van der Waals surface area contributed by atoms with E-state index in [0.29, 0.717) is 26.2 Å². The zero-order valence-electron chi connectivity index (χ0n) is 11.8. The summed E-state index contributed by atoms with van der Waals surface area (Å²) in [5.41, 5.74) is 2.60. The van der Waals surface area contributed by atoms with Gasteiger partial charge in [-0.3, -0.25) is 9.69 Å². The van der Waals surface area contributed by atoms with E-state index in [1.54, 1.807) is 4.90 Å². The van der Waals surface area contributed by atoms with Crippen LogP contribution in [0.3, 0.4) is 0 Å². The SMILES string of the molecule is O=C(C1Cc2ccccc2C1)N1CCN2C(=O)OCC2C1. The van der Waals surface area contributed by atoms with Gasteiger partial charge in [0.05, 0.1) is 6.04 Å². The van der Waals surface area contributed by atoms with Crippen molar-refractivity contribution in [1.29, 1.82) is 0 Å². The van der Waals surface area contributed by atoms with Gasteiger partial charge in [0, 0.05) is 25.6 Å². The number of hydrogen-bond donors (Lipinski definition) is 0. The van der Waals surface area contributed by atoms with E-state index in [9.17, 15) is 9.59 Å². The van der Waals surface area contributed by atoms with Crippen molar-refractivity contribution in [2.45, 2.75) is 18.9 Å². The van der Waals surface area contributed by atoms with Crippen molar-refractivity contribution in [1.82, 2.24) is 9.80 Å². The maximum absolute atomic E-state index is 12.7. The number of benzene rings is 1. The van der Waals surface area contributed by atoms with Crippen LogP contribution in [0.4, 0.5) is 4.79 Å². The summed E-state index contributed by atoms with van der Waals surface area (Å²) < 4.78 is 5.05. The number of ether oxygens (including phenoxy) is 1. The summed E-state index contributed by atoms with van der Waals surface area (Å²) >= 11 is 0. The van der Waals surface area contributed by atoms with Crippen LogP contribution in [0.5, 0.6) is 0 Å². The molecule has 0 saturated carbocycles. The summed E-state index contributed by atoms with van der Waals surface area (Å²) in [5.74, 6) is 0.289. The summed E-state index contributed by atoms with van der Waals surface area (Å²) in [6.07, 6.45) is 1.45. The van der Waals surface area contributed by atoms with Crippen molar-refractivity contribution >= 4 is 12.0 Å². The third-order valence-electron chi connectivity index (χ3n) is 4.83. The summed E-state index contributed by atoms with van der Waals surface area (Å²) in [4.78, 5) is 27.9. The second kappa shape index (κ2) is 4.76. The molecule has 1 aromatic rings. The van der Waals surface area contributed by atoms with Crippen molar-refractivity contribution in [3.05, 3.63) is 35.4 Å². The average molecular weight is 286 g/mol. The summed E-state index contributed by atoms with van der Waals surface area (Å²) in [7, 11) is 0. The Labute approximate surface area is 123 Å². The first kappa shape index (κ1) is 12.7. The van der Waals surface area contributed by atoms with Crippen LogP contribution in [-0.2, 0) is 22.4 Å². The number of carbonyl (C=O) groups is 2. The highest BCUT2D eigenvalue weighted by atomic mass is 16.6. The molecule has 2 heterocycles. The molecule has 2 aliphatic heterocycles. The van der Waals surface area contributed by atoms with E-state index in [1.807, 2.05) is 17.0 Å². The first-order chi connectivity index (χ1) is 10.2. The van der Waals surface area contributed by atoms with E-state index in [0.717, 1.165) is 12.8 Å².